The van der Waals surface area contributed by atoms with Crippen LogP contribution in [0.15, 0.2) is 53.7 Å². The molecule has 6 nitrogen and oxygen atoms in total. The molecule has 2 aromatic carbocycles. The van der Waals surface area contributed by atoms with Gasteiger partial charge in [-0.3, -0.25) is 9.89 Å². The van der Waals surface area contributed by atoms with Crippen molar-refractivity contribution in [2.75, 3.05) is 11.1 Å². The van der Waals surface area contributed by atoms with Gasteiger partial charge in [-0.15, -0.1) is 5.10 Å². The first-order valence-electron chi connectivity index (χ1n) is 8.20. The van der Waals surface area contributed by atoms with Crippen molar-refractivity contribution < 1.29 is 9.53 Å². The third-order valence-electron chi connectivity index (χ3n) is 3.84. The van der Waals surface area contributed by atoms with Gasteiger partial charge < -0.3 is 10.1 Å². The van der Waals surface area contributed by atoms with Crippen LogP contribution in [0.4, 0.5) is 5.69 Å². The van der Waals surface area contributed by atoms with E-state index in [0.717, 1.165) is 22.6 Å². The standard InChI is InChI=1S/C19H20N4O2S/c1-13-7-6-10-16(14(13)2)20-18(24)12-26-19-21-17(22-23-19)11-25-15-8-4-3-5-9-15/h3-10H,11-12H2,1-2H3,(H,20,24)(H,21,22,23). The lowest BCUT2D eigenvalue weighted by Gasteiger charge is -2.09. The predicted molar refractivity (Wildman–Crippen MR) is 102 cm³/mol. The Morgan fingerprint density at radius 2 is 1.96 bits per heavy atom. The van der Waals surface area contributed by atoms with Crippen molar-refractivity contribution in [3.8, 4) is 5.75 Å². The smallest absolute Gasteiger partial charge is 0.234 e. The summed E-state index contributed by atoms with van der Waals surface area (Å²) in [6.07, 6.45) is 0. The van der Waals surface area contributed by atoms with Crippen molar-refractivity contribution in [1.82, 2.24) is 15.2 Å². The van der Waals surface area contributed by atoms with Crippen molar-refractivity contribution >= 4 is 23.4 Å². The summed E-state index contributed by atoms with van der Waals surface area (Å²) in [5.74, 6) is 1.54. The minimum Gasteiger partial charge on any atom is -0.486 e. The summed E-state index contributed by atoms with van der Waals surface area (Å²) < 4.78 is 5.61. The zero-order chi connectivity index (χ0) is 18.4. The van der Waals surface area contributed by atoms with Crippen LogP contribution in [0.25, 0.3) is 0 Å². The summed E-state index contributed by atoms with van der Waals surface area (Å²) in [6, 6.07) is 15.4. The van der Waals surface area contributed by atoms with Crippen LogP contribution in [0.2, 0.25) is 0 Å². The van der Waals surface area contributed by atoms with Gasteiger partial charge >= 0.3 is 0 Å². The Morgan fingerprint density at radius 3 is 2.77 bits per heavy atom. The molecule has 0 saturated carbocycles. The molecule has 0 aliphatic carbocycles. The van der Waals surface area contributed by atoms with E-state index in [1.54, 1.807) is 0 Å². The molecule has 0 bridgehead atoms. The lowest BCUT2D eigenvalue weighted by atomic mass is 10.1. The number of aromatic amines is 1. The Labute approximate surface area is 156 Å². The van der Waals surface area contributed by atoms with E-state index in [1.165, 1.54) is 11.8 Å². The molecule has 1 heterocycles. The average molecular weight is 368 g/mol. The van der Waals surface area contributed by atoms with E-state index in [1.807, 2.05) is 62.4 Å². The summed E-state index contributed by atoms with van der Waals surface area (Å²) in [5, 5.41) is 10.4. The van der Waals surface area contributed by atoms with Crippen LogP contribution in [0, 0.1) is 13.8 Å². The van der Waals surface area contributed by atoms with Crippen LogP contribution < -0.4 is 10.1 Å². The van der Waals surface area contributed by atoms with Crippen molar-refractivity contribution in [3.63, 3.8) is 0 Å². The number of nitrogens with one attached hydrogen (secondary N) is 2. The molecule has 0 spiro atoms. The Kier molecular flexibility index (Phi) is 5.91. The third kappa shape index (κ3) is 4.86. The van der Waals surface area contributed by atoms with Gasteiger partial charge in [0, 0.05) is 5.69 Å². The fraction of sp³-hybridized carbons (Fsp3) is 0.211. The van der Waals surface area contributed by atoms with E-state index >= 15 is 0 Å². The molecule has 1 amide bonds. The van der Waals surface area contributed by atoms with Crippen molar-refractivity contribution in [3.05, 3.63) is 65.5 Å². The summed E-state index contributed by atoms with van der Waals surface area (Å²) in [6.45, 7) is 4.31. The predicted octanol–water partition coefficient (Wildman–Crippen LogP) is 3.73. The van der Waals surface area contributed by atoms with Crippen LogP contribution in [0.3, 0.4) is 0 Å². The number of aryl methyl sites for hydroxylation is 1. The van der Waals surface area contributed by atoms with Gasteiger partial charge in [-0.2, -0.15) is 0 Å². The molecular formula is C19H20N4O2S. The molecule has 3 aromatic rings. The quantitative estimate of drug-likeness (QED) is 0.621. The normalized spacial score (nSPS) is 10.5. The lowest BCUT2D eigenvalue weighted by molar-refractivity contribution is -0.113. The maximum atomic E-state index is 12.1. The number of hydrogen-bond donors (Lipinski definition) is 2. The van der Waals surface area contributed by atoms with Gasteiger partial charge in [-0.05, 0) is 43.2 Å². The number of carbonyl (C=O) groups excluding carboxylic acids is 1. The summed E-state index contributed by atoms with van der Waals surface area (Å²) in [4.78, 5) is 16.5. The molecule has 0 aliphatic heterocycles. The second-order valence-corrected chi connectivity index (χ2v) is 6.69. The van der Waals surface area contributed by atoms with Gasteiger partial charge in [0.05, 0.1) is 5.75 Å². The number of nitrogens with zero attached hydrogens (tertiary/aromatic N) is 2. The number of benzene rings is 2. The first kappa shape index (κ1) is 18.0. The fourth-order valence-electron chi connectivity index (χ4n) is 2.28. The molecule has 134 valence electrons. The number of ether oxygens (including phenoxy) is 1. The SMILES string of the molecule is Cc1cccc(NC(=O)CSc2n[nH]c(COc3ccccc3)n2)c1C. The molecule has 1 aromatic heterocycles. The zero-order valence-electron chi connectivity index (χ0n) is 14.7. The summed E-state index contributed by atoms with van der Waals surface area (Å²) in [7, 11) is 0. The molecule has 0 unspecified atom stereocenters. The number of amides is 1. The van der Waals surface area contributed by atoms with Crippen LogP contribution in [0.1, 0.15) is 17.0 Å². The average Bonchev–Trinajstić information content (AvgIpc) is 3.11. The van der Waals surface area contributed by atoms with Gasteiger partial charge in [0.2, 0.25) is 11.1 Å². The monoisotopic (exact) mass is 368 g/mol. The largest absolute Gasteiger partial charge is 0.486 e. The molecule has 7 heteroatoms. The lowest BCUT2D eigenvalue weighted by Crippen LogP contribution is -2.15. The summed E-state index contributed by atoms with van der Waals surface area (Å²) >= 11 is 1.28. The number of rotatable bonds is 7. The van der Waals surface area contributed by atoms with E-state index in [0.29, 0.717) is 17.6 Å². The minimum absolute atomic E-state index is 0.0874. The molecular weight excluding hydrogens is 348 g/mol. The van der Waals surface area contributed by atoms with Crippen molar-refractivity contribution in [2.24, 2.45) is 0 Å². The Balaban J connectivity index is 1.48. The Bertz CT molecular complexity index is 880. The van der Waals surface area contributed by atoms with Gasteiger partial charge in [0.1, 0.15) is 12.4 Å². The highest BCUT2D eigenvalue weighted by Gasteiger charge is 2.10. The minimum atomic E-state index is -0.0874. The molecule has 0 saturated heterocycles. The molecule has 0 atom stereocenters. The Morgan fingerprint density at radius 1 is 1.15 bits per heavy atom. The van der Waals surface area contributed by atoms with Gasteiger partial charge in [-0.25, -0.2) is 4.98 Å². The first-order chi connectivity index (χ1) is 12.6. The second-order valence-electron chi connectivity index (χ2n) is 5.75. The number of para-hydroxylation sites is 1. The topological polar surface area (TPSA) is 79.9 Å². The molecule has 26 heavy (non-hydrogen) atoms. The number of thioether (sulfide) groups is 1. The highest BCUT2D eigenvalue weighted by Crippen LogP contribution is 2.19. The van der Waals surface area contributed by atoms with Crippen LogP contribution >= 0.6 is 11.8 Å². The third-order valence-corrected chi connectivity index (χ3v) is 4.69. The van der Waals surface area contributed by atoms with E-state index in [-0.39, 0.29) is 11.7 Å². The Hall–Kier alpha value is -2.80. The number of aromatic nitrogens is 3. The maximum Gasteiger partial charge on any atom is 0.234 e. The molecule has 0 fully saturated rings. The molecule has 0 radical (unpaired) electrons. The number of carbonyl (C=O) groups is 1. The fourth-order valence-corrected chi connectivity index (χ4v) is 2.90. The first-order valence-corrected chi connectivity index (χ1v) is 9.18. The number of hydrogen-bond acceptors (Lipinski definition) is 5. The maximum absolute atomic E-state index is 12.1. The van der Waals surface area contributed by atoms with Crippen molar-refractivity contribution in [2.45, 2.75) is 25.6 Å². The van der Waals surface area contributed by atoms with Gasteiger partial charge in [0.15, 0.2) is 5.82 Å². The second kappa shape index (κ2) is 8.53. The van der Waals surface area contributed by atoms with E-state index in [9.17, 15) is 4.79 Å². The number of H-pyrrole nitrogens is 1. The van der Waals surface area contributed by atoms with E-state index in [4.69, 9.17) is 4.74 Å². The van der Waals surface area contributed by atoms with Gasteiger partial charge in [0.25, 0.3) is 0 Å². The summed E-state index contributed by atoms with van der Waals surface area (Å²) in [5.41, 5.74) is 3.05. The van der Waals surface area contributed by atoms with Crippen LogP contribution in [-0.2, 0) is 11.4 Å². The highest BCUT2D eigenvalue weighted by molar-refractivity contribution is 7.99. The zero-order valence-corrected chi connectivity index (χ0v) is 15.5. The van der Waals surface area contributed by atoms with Crippen LogP contribution in [0.5, 0.6) is 5.75 Å². The van der Waals surface area contributed by atoms with E-state index < -0.39 is 0 Å². The molecule has 3 rings (SSSR count). The molecule has 2 N–H and O–H groups in total. The van der Waals surface area contributed by atoms with Crippen molar-refractivity contribution in [1.29, 1.82) is 0 Å². The molecule has 0 aliphatic rings. The van der Waals surface area contributed by atoms with E-state index in [2.05, 4.69) is 20.5 Å². The van der Waals surface area contributed by atoms with Gasteiger partial charge in [-0.1, -0.05) is 42.1 Å². The highest BCUT2D eigenvalue weighted by atomic mass is 32.2. The number of anilines is 1. The van der Waals surface area contributed by atoms with Crippen LogP contribution in [-0.4, -0.2) is 26.8 Å².